The lowest BCUT2D eigenvalue weighted by atomic mass is 10.4. The Kier molecular flexibility index (Phi) is 4.89. The minimum absolute atomic E-state index is 0.232. The molecule has 15 heavy (non-hydrogen) atoms. The van der Waals surface area contributed by atoms with Gasteiger partial charge in [-0.1, -0.05) is 0 Å². The van der Waals surface area contributed by atoms with E-state index in [1.807, 2.05) is 0 Å². The highest BCUT2D eigenvalue weighted by Crippen LogP contribution is 2.46. The van der Waals surface area contributed by atoms with Gasteiger partial charge in [0.25, 0.3) is 10.1 Å². The third-order valence-electron chi connectivity index (χ3n) is 1.43. The Labute approximate surface area is 128 Å². The summed E-state index contributed by atoms with van der Waals surface area (Å²) in [6, 6.07) is 0. The molecule has 1 aromatic rings. The largest absolute Gasteiger partial charge is 0.296 e. The molecule has 0 bridgehead atoms. The number of hydrogen-bond acceptors (Lipinski definition) is 2. The molecule has 1 rings (SSSR count). The topological polar surface area (TPSA) is 54.4 Å². The maximum absolute atomic E-state index is 11.1. The molecule has 0 spiro atoms. The molecule has 0 amide bonds. The van der Waals surface area contributed by atoms with Crippen LogP contribution in [0.1, 0.15) is 0 Å². The molecule has 0 saturated heterocycles. The second-order valence-corrected chi connectivity index (χ2v) is 7.70. The smallest absolute Gasteiger partial charge is 0.282 e. The molecule has 0 aliphatic carbocycles. The summed E-state index contributed by atoms with van der Waals surface area (Å²) in [6.07, 6.45) is 0. The lowest BCUT2D eigenvalue weighted by Crippen LogP contribution is -2.02. The van der Waals surface area contributed by atoms with Crippen molar-refractivity contribution in [2.75, 3.05) is 0 Å². The fourth-order valence-corrected chi connectivity index (χ4v) is 6.00. The molecule has 0 aliphatic heterocycles. The molecule has 0 fully saturated rings. The molecule has 0 radical (unpaired) electrons. The normalized spacial score (nSPS) is 11.9. The predicted octanol–water partition coefficient (Wildman–Crippen LogP) is 4.75. The van der Waals surface area contributed by atoms with E-state index in [2.05, 4.69) is 79.6 Å². The van der Waals surface area contributed by atoms with Crippen LogP contribution in [0.5, 0.6) is 0 Å². The molecule has 0 unspecified atom stereocenters. The van der Waals surface area contributed by atoms with E-state index < -0.39 is 10.1 Å². The summed E-state index contributed by atoms with van der Waals surface area (Å²) < 4.78 is 33.4. The SMILES string of the molecule is O=S(=O)(O)c1c(Br)c(Br)c(Br)c(Br)c1Br. The Morgan fingerprint density at radius 1 is 0.733 bits per heavy atom. The second-order valence-electron chi connectivity index (χ2n) is 2.37. The van der Waals surface area contributed by atoms with Crippen molar-refractivity contribution in [2.24, 2.45) is 0 Å². The minimum atomic E-state index is -4.30. The Balaban J connectivity index is 3.84. The van der Waals surface area contributed by atoms with Crippen LogP contribution in [0, 0.1) is 0 Å². The third kappa shape index (κ3) is 2.86. The first kappa shape index (κ1) is 14.6. The van der Waals surface area contributed by atoms with E-state index in [0.717, 1.165) is 0 Å². The van der Waals surface area contributed by atoms with Gasteiger partial charge in [0.05, 0.1) is 8.95 Å². The first-order chi connectivity index (χ1) is 6.68. The third-order valence-corrected chi connectivity index (χ3v) is 8.97. The molecule has 1 N–H and O–H groups in total. The summed E-state index contributed by atoms with van der Waals surface area (Å²) in [5.41, 5.74) is 0. The summed E-state index contributed by atoms with van der Waals surface area (Å²) in [4.78, 5) is -0.232. The van der Waals surface area contributed by atoms with E-state index in [1.165, 1.54) is 0 Å². The van der Waals surface area contributed by atoms with Gasteiger partial charge < -0.3 is 0 Å². The number of rotatable bonds is 1. The fraction of sp³-hybridized carbons (Fsp3) is 0. The van der Waals surface area contributed by atoms with E-state index >= 15 is 0 Å². The van der Waals surface area contributed by atoms with Crippen LogP contribution in [0.15, 0.2) is 27.3 Å². The van der Waals surface area contributed by atoms with E-state index in [1.54, 1.807) is 0 Å². The number of benzene rings is 1. The van der Waals surface area contributed by atoms with Gasteiger partial charge in [-0.05, 0) is 79.6 Å². The highest BCUT2D eigenvalue weighted by atomic mass is 79.9. The van der Waals surface area contributed by atoms with Crippen LogP contribution in [-0.4, -0.2) is 13.0 Å². The highest BCUT2D eigenvalue weighted by Gasteiger charge is 2.25. The Hall–Kier alpha value is 1.53. The van der Waals surface area contributed by atoms with Crippen molar-refractivity contribution in [3.05, 3.63) is 22.4 Å². The van der Waals surface area contributed by atoms with Gasteiger partial charge in [0.15, 0.2) is 0 Å². The average Bonchev–Trinajstić information content (AvgIpc) is 2.09. The van der Waals surface area contributed by atoms with Gasteiger partial charge in [0.2, 0.25) is 0 Å². The Morgan fingerprint density at radius 2 is 1.00 bits per heavy atom. The van der Waals surface area contributed by atoms with Gasteiger partial charge in [0.1, 0.15) is 4.90 Å². The van der Waals surface area contributed by atoms with Crippen molar-refractivity contribution < 1.29 is 13.0 Å². The fourth-order valence-electron chi connectivity index (χ4n) is 0.811. The monoisotopic (exact) mass is 548 g/mol. The first-order valence-electron chi connectivity index (χ1n) is 3.16. The minimum Gasteiger partial charge on any atom is -0.282 e. The maximum Gasteiger partial charge on any atom is 0.296 e. The zero-order valence-corrected chi connectivity index (χ0v) is 15.3. The zero-order valence-electron chi connectivity index (χ0n) is 6.56. The summed E-state index contributed by atoms with van der Waals surface area (Å²) in [5, 5.41) is 0. The summed E-state index contributed by atoms with van der Waals surface area (Å²) >= 11 is 15.8. The van der Waals surface area contributed by atoms with Crippen LogP contribution in [0.4, 0.5) is 0 Å². The molecule has 84 valence electrons. The molecule has 1 aromatic carbocycles. The summed E-state index contributed by atoms with van der Waals surface area (Å²) in [7, 11) is -4.30. The lowest BCUT2D eigenvalue weighted by molar-refractivity contribution is 0.482. The second kappa shape index (κ2) is 5.03. The van der Waals surface area contributed by atoms with Crippen LogP contribution in [0.25, 0.3) is 0 Å². The van der Waals surface area contributed by atoms with Gasteiger partial charge >= 0.3 is 0 Å². The predicted molar refractivity (Wildman–Crippen MR) is 74.8 cm³/mol. The molecular formula is C6HBr5O3S. The van der Waals surface area contributed by atoms with Crippen molar-refractivity contribution in [3.63, 3.8) is 0 Å². The first-order valence-corrected chi connectivity index (χ1v) is 8.57. The van der Waals surface area contributed by atoms with Crippen molar-refractivity contribution >= 4 is 89.8 Å². The van der Waals surface area contributed by atoms with Crippen LogP contribution in [-0.2, 0) is 10.1 Å². The Morgan fingerprint density at radius 3 is 1.27 bits per heavy atom. The lowest BCUT2D eigenvalue weighted by Gasteiger charge is -2.10. The van der Waals surface area contributed by atoms with Gasteiger partial charge in [-0.2, -0.15) is 8.42 Å². The quantitative estimate of drug-likeness (QED) is 0.311. The molecular weight excluding hydrogens is 552 g/mol. The van der Waals surface area contributed by atoms with Gasteiger partial charge in [0, 0.05) is 13.4 Å². The molecule has 9 heteroatoms. The van der Waals surface area contributed by atoms with Crippen molar-refractivity contribution in [2.45, 2.75) is 4.90 Å². The van der Waals surface area contributed by atoms with E-state index in [9.17, 15) is 8.42 Å². The number of hydrogen-bond donors (Lipinski definition) is 1. The van der Waals surface area contributed by atoms with E-state index in [4.69, 9.17) is 4.55 Å². The van der Waals surface area contributed by atoms with Crippen LogP contribution >= 0.6 is 79.6 Å². The zero-order chi connectivity index (χ0) is 12.0. The van der Waals surface area contributed by atoms with Crippen LogP contribution in [0.3, 0.4) is 0 Å². The molecule has 0 aromatic heterocycles. The Bertz CT molecular complexity index is 495. The van der Waals surface area contributed by atoms with Gasteiger partial charge in [-0.15, -0.1) is 0 Å². The van der Waals surface area contributed by atoms with Gasteiger partial charge in [-0.3, -0.25) is 4.55 Å². The molecule has 0 saturated carbocycles. The maximum atomic E-state index is 11.1. The molecule has 3 nitrogen and oxygen atoms in total. The van der Waals surface area contributed by atoms with Crippen molar-refractivity contribution in [1.29, 1.82) is 0 Å². The molecule has 0 atom stereocenters. The van der Waals surface area contributed by atoms with E-state index in [-0.39, 0.29) is 13.8 Å². The number of halogens is 5. The van der Waals surface area contributed by atoms with Crippen LogP contribution in [0.2, 0.25) is 0 Å². The summed E-state index contributed by atoms with van der Waals surface area (Å²) in [6.45, 7) is 0. The van der Waals surface area contributed by atoms with Crippen LogP contribution < -0.4 is 0 Å². The molecule has 0 aliphatic rings. The average molecular weight is 553 g/mol. The highest BCUT2D eigenvalue weighted by molar-refractivity contribution is 9.15. The van der Waals surface area contributed by atoms with Crippen molar-refractivity contribution in [1.82, 2.24) is 0 Å². The van der Waals surface area contributed by atoms with E-state index in [0.29, 0.717) is 13.4 Å². The molecule has 0 heterocycles. The van der Waals surface area contributed by atoms with Crippen molar-refractivity contribution in [3.8, 4) is 0 Å². The van der Waals surface area contributed by atoms with Gasteiger partial charge in [-0.25, -0.2) is 0 Å². The summed E-state index contributed by atoms with van der Waals surface area (Å²) in [5.74, 6) is 0. The standard InChI is InChI=1S/C6HBr5O3S/c7-1-2(8)4(10)6(15(12,13)14)5(11)3(1)9/h(H,12,13,14).